The Hall–Kier alpha value is -1.69. The highest BCUT2D eigenvalue weighted by atomic mass is 16.5. The molecule has 2 N–H and O–H groups in total. The number of amides is 1. The first-order valence-corrected chi connectivity index (χ1v) is 5.97. The molecule has 98 valence electrons. The number of aromatic amines is 1. The van der Waals surface area contributed by atoms with Crippen LogP contribution in [-0.2, 0) is 4.74 Å². The topological polar surface area (TPSA) is 84.1 Å². The highest BCUT2D eigenvalue weighted by molar-refractivity contribution is 5.91. The van der Waals surface area contributed by atoms with Gasteiger partial charge < -0.3 is 15.0 Å². The summed E-state index contributed by atoms with van der Waals surface area (Å²) in [5.41, 5.74) is -0.125. The Labute approximate surface area is 105 Å². The zero-order chi connectivity index (χ0) is 13.0. The standard InChI is InChI=1S/C12H17N3O3/c1-18-8-12(3-2-4-12)7-14-11(17)9-5-13-6-10(16)15-9/h5-6H,2-4,7-8H2,1H3,(H,14,17)(H,15,16). The van der Waals surface area contributed by atoms with Crippen molar-refractivity contribution < 1.29 is 9.53 Å². The number of rotatable bonds is 5. The van der Waals surface area contributed by atoms with Gasteiger partial charge >= 0.3 is 0 Å². The number of hydrogen-bond acceptors (Lipinski definition) is 4. The summed E-state index contributed by atoms with van der Waals surface area (Å²) in [6, 6.07) is 0. The molecule has 6 nitrogen and oxygen atoms in total. The molecule has 1 aromatic heterocycles. The molecule has 18 heavy (non-hydrogen) atoms. The van der Waals surface area contributed by atoms with E-state index in [1.54, 1.807) is 7.11 Å². The van der Waals surface area contributed by atoms with E-state index in [2.05, 4.69) is 15.3 Å². The van der Waals surface area contributed by atoms with E-state index in [-0.39, 0.29) is 22.6 Å². The van der Waals surface area contributed by atoms with Gasteiger partial charge in [-0.15, -0.1) is 0 Å². The summed E-state index contributed by atoms with van der Waals surface area (Å²) in [5.74, 6) is -0.303. The Morgan fingerprint density at radius 3 is 2.89 bits per heavy atom. The lowest BCUT2D eigenvalue weighted by Crippen LogP contribution is -2.45. The van der Waals surface area contributed by atoms with E-state index in [0.29, 0.717) is 13.2 Å². The average Bonchev–Trinajstić information content (AvgIpc) is 2.32. The van der Waals surface area contributed by atoms with Gasteiger partial charge in [-0.2, -0.15) is 0 Å². The molecule has 1 aliphatic carbocycles. The number of H-pyrrole nitrogens is 1. The summed E-state index contributed by atoms with van der Waals surface area (Å²) in [4.78, 5) is 29.0. The third-order valence-corrected chi connectivity index (χ3v) is 3.39. The minimum atomic E-state index is -0.377. The second-order valence-electron chi connectivity index (χ2n) is 4.78. The lowest BCUT2D eigenvalue weighted by Gasteiger charge is -2.41. The first-order chi connectivity index (χ1) is 8.65. The highest BCUT2D eigenvalue weighted by Crippen LogP contribution is 2.40. The number of carbonyl (C=O) groups is 1. The zero-order valence-corrected chi connectivity index (χ0v) is 10.4. The molecular weight excluding hydrogens is 234 g/mol. The molecule has 0 aliphatic heterocycles. The van der Waals surface area contributed by atoms with Gasteiger partial charge in [-0.25, -0.2) is 0 Å². The fourth-order valence-corrected chi connectivity index (χ4v) is 2.21. The van der Waals surface area contributed by atoms with Crippen LogP contribution in [0.2, 0.25) is 0 Å². The molecule has 1 heterocycles. The Bertz CT molecular complexity index is 479. The van der Waals surface area contributed by atoms with E-state index in [0.717, 1.165) is 19.0 Å². The van der Waals surface area contributed by atoms with Gasteiger partial charge in [-0.1, -0.05) is 6.42 Å². The molecule has 1 aliphatic rings. The van der Waals surface area contributed by atoms with Gasteiger partial charge in [-0.3, -0.25) is 14.6 Å². The molecule has 0 bridgehead atoms. The number of aromatic nitrogens is 2. The van der Waals surface area contributed by atoms with Crippen LogP contribution in [0.5, 0.6) is 0 Å². The van der Waals surface area contributed by atoms with Crippen molar-refractivity contribution >= 4 is 5.91 Å². The summed E-state index contributed by atoms with van der Waals surface area (Å²) in [6.45, 7) is 1.22. The quantitative estimate of drug-likeness (QED) is 0.789. The van der Waals surface area contributed by atoms with E-state index < -0.39 is 0 Å². The van der Waals surface area contributed by atoms with Crippen molar-refractivity contribution in [1.29, 1.82) is 0 Å². The second-order valence-corrected chi connectivity index (χ2v) is 4.78. The minimum Gasteiger partial charge on any atom is -0.384 e. The van der Waals surface area contributed by atoms with Crippen LogP contribution in [0.15, 0.2) is 17.2 Å². The van der Waals surface area contributed by atoms with Gasteiger partial charge in [0.2, 0.25) is 0 Å². The molecule has 1 amide bonds. The Balaban J connectivity index is 1.94. The van der Waals surface area contributed by atoms with Gasteiger partial charge in [0.15, 0.2) is 0 Å². The summed E-state index contributed by atoms with van der Waals surface area (Å²) >= 11 is 0. The lowest BCUT2D eigenvalue weighted by molar-refractivity contribution is 0.0179. The SMILES string of the molecule is COCC1(CNC(=O)c2cncc(=O)[nH]2)CCC1. The Morgan fingerprint density at radius 2 is 2.33 bits per heavy atom. The fourth-order valence-electron chi connectivity index (χ4n) is 2.21. The van der Waals surface area contributed by atoms with Crippen LogP contribution >= 0.6 is 0 Å². The molecular formula is C12H17N3O3. The van der Waals surface area contributed by atoms with E-state index in [9.17, 15) is 9.59 Å². The lowest BCUT2D eigenvalue weighted by atomic mass is 9.69. The summed E-state index contributed by atoms with van der Waals surface area (Å²) < 4.78 is 5.18. The van der Waals surface area contributed by atoms with E-state index in [1.807, 2.05) is 0 Å². The van der Waals surface area contributed by atoms with Gasteiger partial charge in [0.1, 0.15) is 5.69 Å². The number of hydrogen-bond donors (Lipinski definition) is 2. The molecule has 0 radical (unpaired) electrons. The average molecular weight is 251 g/mol. The van der Waals surface area contributed by atoms with Gasteiger partial charge in [0.05, 0.1) is 19.0 Å². The van der Waals surface area contributed by atoms with Crippen LogP contribution in [0.25, 0.3) is 0 Å². The van der Waals surface area contributed by atoms with Crippen molar-refractivity contribution in [2.75, 3.05) is 20.3 Å². The smallest absolute Gasteiger partial charge is 0.269 e. The van der Waals surface area contributed by atoms with Crippen LogP contribution in [0.1, 0.15) is 29.8 Å². The molecule has 0 saturated heterocycles. The second kappa shape index (κ2) is 5.30. The fraction of sp³-hybridized carbons (Fsp3) is 0.583. The van der Waals surface area contributed by atoms with Gasteiger partial charge in [-0.05, 0) is 12.8 Å². The number of carbonyl (C=O) groups excluding carboxylic acids is 1. The zero-order valence-electron chi connectivity index (χ0n) is 10.4. The summed E-state index contributed by atoms with van der Waals surface area (Å²) in [5, 5.41) is 2.82. The van der Waals surface area contributed by atoms with Gasteiger partial charge in [0, 0.05) is 19.1 Å². The van der Waals surface area contributed by atoms with Crippen molar-refractivity contribution in [3.05, 3.63) is 28.4 Å². The van der Waals surface area contributed by atoms with Crippen molar-refractivity contribution in [3.8, 4) is 0 Å². The highest BCUT2D eigenvalue weighted by Gasteiger charge is 2.37. The van der Waals surface area contributed by atoms with Crippen LogP contribution < -0.4 is 10.9 Å². The molecule has 6 heteroatoms. The maximum absolute atomic E-state index is 11.8. The Morgan fingerprint density at radius 1 is 1.56 bits per heavy atom. The predicted molar refractivity (Wildman–Crippen MR) is 65.4 cm³/mol. The van der Waals surface area contributed by atoms with Crippen LogP contribution in [0.3, 0.4) is 0 Å². The first-order valence-electron chi connectivity index (χ1n) is 5.97. The maximum Gasteiger partial charge on any atom is 0.269 e. The summed E-state index contributed by atoms with van der Waals surface area (Å²) in [7, 11) is 1.67. The molecule has 0 aromatic carbocycles. The molecule has 0 spiro atoms. The molecule has 0 unspecified atom stereocenters. The largest absolute Gasteiger partial charge is 0.384 e. The predicted octanol–water partition coefficient (Wildman–Crippen LogP) is 0.316. The van der Waals surface area contributed by atoms with Crippen molar-refractivity contribution in [2.24, 2.45) is 5.41 Å². The number of methoxy groups -OCH3 is 1. The van der Waals surface area contributed by atoms with Crippen molar-refractivity contribution in [3.63, 3.8) is 0 Å². The molecule has 1 fully saturated rings. The monoisotopic (exact) mass is 251 g/mol. The summed E-state index contributed by atoms with van der Waals surface area (Å²) in [6.07, 6.45) is 5.77. The minimum absolute atomic E-state index is 0.0624. The third-order valence-electron chi connectivity index (χ3n) is 3.39. The normalized spacial score (nSPS) is 16.9. The molecule has 1 saturated carbocycles. The molecule has 0 atom stereocenters. The van der Waals surface area contributed by atoms with Crippen molar-refractivity contribution in [1.82, 2.24) is 15.3 Å². The van der Waals surface area contributed by atoms with Crippen LogP contribution in [0.4, 0.5) is 0 Å². The number of nitrogens with zero attached hydrogens (tertiary/aromatic N) is 1. The number of ether oxygens (including phenoxy) is 1. The van der Waals surface area contributed by atoms with Crippen LogP contribution in [0, 0.1) is 5.41 Å². The third kappa shape index (κ3) is 2.76. The molecule has 1 aromatic rings. The van der Waals surface area contributed by atoms with E-state index in [4.69, 9.17) is 4.74 Å². The van der Waals surface area contributed by atoms with Crippen LogP contribution in [-0.4, -0.2) is 36.1 Å². The molecule has 2 rings (SSSR count). The first kappa shape index (κ1) is 12.8. The Kier molecular flexibility index (Phi) is 3.76. The van der Waals surface area contributed by atoms with E-state index >= 15 is 0 Å². The number of nitrogens with one attached hydrogen (secondary N) is 2. The van der Waals surface area contributed by atoms with Crippen molar-refractivity contribution in [2.45, 2.75) is 19.3 Å². The maximum atomic E-state index is 11.8. The van der Waals surface area contributed by atoms with E-state index in [1.165, 1.54) is 12.6 Å². The van der Waals surface area contributed by atoms with Gasteiger partial charge in [0.25, 0.3) is 11.5 Å².